The Morgan fingerprint density at radius 1 is 1.19 bits per heavy atom. The zero-order valence-corrected chi connectivity index (χ0v) is 14.9. The van der Waals surface area contributed by atoms with Crippen molar-refractivity contribution in [2.45, 2.75) is 33.2 Å². The van der Waals surface area contributed by atoms with E-state index in [2.05, 4.69) is 20.4 Å². The smallest absolute Gasteiger partial charge is 0.224 e. The van der Waals surface area contributed by atoms with Gasteiger partial charge in [0.2, 0.25) is 11.9 Å². The molecule has 26 heavy (non-hydrogen) atoms. The van der Waals surface area contributed by atoms with Gasteiger partial charge in [-0.05, 0) is 49.6 Å². The molecule has 0 bridgehead atoms. The van der Waals surface area contributed by atoms with Crippen molar-refractivity contribution in [1.29, 1.82) is 0 Å². The molecule has 0 saturated heterocycles. The maximum absolute atomic E-state index is 12.3. The molecule has 0 atom stereocenters. The number of hydrogen-bond donors (Lipinski definition) is 2. The molecular weight excluding hydrogens is 328 g/mol. The molecular formula is C19H22N6O. The quantitative estimate of drug-likeness (QED) is 0.711. The topological polar surface area (TPSA) is 98.7 Å². The van der Waals surface area contributed by atoms with E-state index in [1.54, 1.807) is 6.20 Å². The number of carbonyl (C=O) groups excluding carboxylic acids is 1. The number of nitrogens with two attached hydrogens (primary N) is 1. The molecule has 0 aliphatic carbocycles. The van der Waals surface area contributed by atoms with Gasteiger partial charge in [0.05, 0.1) is 6.54 Å². The lowest BCUT2D eigenvalue weighted by molar-refractivity contribution is -0.116. The number of nitrogens with one attached hydrogen (secondary N) is 1. The maximum Gasteiger partial charge on any atom is 0.224 e. The van der Waals surface area contributed by atoms with Crippen LogP contribution in [-0.4, -0.2) is 25.7 Å². The largest absolute Gasteiger partial charge is 0.368 e. The summed E-state index contributed by atoms with van der Waals surface area (Å²) in [5, 5.41) is 7.14. The molecule has 0 saturated carbocycles. The summed E-state index contributed by atoms with van der Waals surface area (Å²) in [5.41, 5.74) is 10.1. The lowest BCUT2D eigenvalue weighted by Crippen LogP contribution is -2.14. The molecule has 2 heterocycles. The van der Waals surface area contributed by atoms with E-state index < -0.39 is 0 Å². The van der Waals surface area contributed by atoms with Crippen LogP contribution in [0.2, 0.25) is 0 Å². The summed E-state index contributed by atoms with van der Waals surface area (Å²) in [6, 6.07) is 9.67. The Morgan fingerprint density at radius 2 is 1.96 bits per heavy atom. The van der Waals surface area contributed by atoms with Crippen LogP contribution in [0, 0.1) is 13.8 Å². The van der Waals surface area contributed by atoms with Gasteiger partial charge in [0.1, 0.15) is 0 Å². The van der Waals surface area contributed by atoms with Gasteiger partial charge >= 0.3 is 0 Å². The van der Waals surface area contributed by atoms with Crippen molar-refractivity contribution in [3.05, 3.63) is 65.2 Å². The average Bonchev–Trinajstić information content (AvgIpc) is 3.07. The molecule has 3 aromatic rings. The van der Waals surface area contributed by atoms with Gasteiger partial charge in [-0.2, -0.15) is 5.10 Å². The van der Waals surface area contributed by atoms with Crippen LogP contribution >= 0.6 is 0 Å². The number of nitrogens with zero attached hydrogens (tertiary/aromatic N) is 4. The predicted molar refractivity (Wildman–Crippen MR) is 101 cm³/mol. The first-order valence-corrected chi connectivity index (χ1v) is 8.47. The van der Waals surface area contributed by atoms with Crippen molar-refractivity contribution >= 4 is 17.5 Å². The Morgan fingerprint density at radius 3 is 2.65 bits per heavy atom. The first kappa shape index (κ1) is 17.6. The average molecular weight is 350 g/mol. The van der Waals surface area contributed by atoms with Gasteiger partial charge in [0.15, 0.2) is 0 Å². The first-order chi connectivity index (χ1) is 12.5. The van der Waals surface area contributed by atoms with E-state index in [4.69, 9.17) is 5.73 Å². The van der Waals surface area contributed by atoms with Crippen molar-refractivity contribution in [3.63, 3.8) is 0 Å². The van der Waals surface area contributed by atoms with Gasteiger partial charge in [0, 0.05) is 35.9 Å². The number of nitrogen functional groups attached to an aromatic ring is 1. The van der Waals surface area contributed by atoms with Crippen LogP contribution in [-0.2, 0) is 17.8 Å². The summed E-state index contributed by atoms with van der Waals surface area (Å²) >= 11 is 0. The molecule has 1 amide bonds. The summed E-state index contributed by atoms with van der Waals surface area (Å²) in [4.78, 5) is 20.6. The number of rotatable bonds is 6. The second-order valence-electron chi connectivity index (χ2n) is 6.18. The lowest BCUT2D eigenvalue weighted by Gasteiger charge is -2.10. The highest BCUT2D eigenvalue weighted by Crippen LogP contribution is 2.15. The van der Waals surface area contributed by atoms with Crippen molar-refractivity contribution in [2.24, 2.45) is 0 Å². The van der Waals surface area contributed by atoms with Crippen LogP contribution in [0.5, 0.6) is 0 Å². The minimum atomic E-state index is -0.0446. The van der Waals surface area contributed by atoms with Crippen LogP contribution < -0.4 is 11.1 Å². The predicted octanol–water partition coefficient (Wildman–Crippen LogP) is 2.49. The fraction of sp³-hybridized carbons (Fsp3) is 0.263. The lowest BCUT2D eigenvalue weighted by atomic mass is 10.1. The highest BCUT2D eigenvalue weighted by atomic mass is 16.1. The van der Waals surface area contributed by atoms with Crippen LogP contribution in [0.15, 0.2) is 42.7 Å². The van der Waals surface area contributed by atoms with Gasteiger partial charge in [0.25, 0.3) is 0 Å². The van der Waals surface area contributed by atoms with Gasteiger partial charge < -0.3 is 11.1 Å². The second-order valence-corrected chi connectivity index (χ2v) is 6.18. The van der Waals surface area contributed by atoms with Crippen molar-refractivity contribution in [2.75, 3.05) is 11.1 Å². The Kier molecular flexibility index (Phi) is 5.26. The summed E-state index contributed by atoms with van der Waals surface area (Å²) in [5.74, 6) is 0.221. The van der Waals surface area contributed by atoms with E-state index in [1.807, 2.05) is 55.1 Å². The molecule has 2 aromatic heterocycles. The normalized spacial score (nSPS) is 10.7. The fourth-order valence-electron chi connectivity index (χ4n) is 2.92. The van der Waals surface area contributed by atoms with E-state index in [-0.39, 0.29) is 11.9 Å². The molecule has 3 N–H and O–H groups in total. The Balaban J connectivity index is 1.60. The number of aryl methyl sites for hydroxylation is 2. The number of amides is 1. The van der Waals surface area contributed by atoms with E-state index >= 15 is 0 Å². The number of carbonyl (C=O) groups is 1. The molecule has 1 aromatic carbocycles. The number of hydrogen-bond acceptors (Lipinski definition) is 5. The third-order valence-corrected chi connectivity index (χ3v) is 4.15. The summed E-state index contributed by atoms with van der Waals surface area (Å²) in [7, 11) is 0. The molecule has 7 nitrogen and oxygen atoms in total. The Hall–Kier alpha value is -3.22. The summed E-state index contributed by atoms with van der Waals surface area (Å²) < 4.78 is 1.84. The van der Waals surface area contributed by atoms with E-state index in [1.165, 1.54) is 0 Å². The van der Waals surface area contributed by atoms with E-state index in [9.17, 15) is 4.79 Å². The highest BCUT2D eigenvalue weighted by Gasteiger charge is 2.10. The number of benzene rings is 1. The highest BCUT2D eigenvalue weighted by molar-refractivity contribution is 5.90. The van der Waals surface area contributed by atoms with E-state index in [0.717, 1.165) is 28.2 Å². The molecule has 0 aliphatic rings. The standard InChI is InChI=1S/C19H22N6O/c1-13-17(14(2)23-19(20)22-13)7-8-18(26)24-16-6-3-5-15(11-16)12-25-10-4-9-21-25/h3-6,9-11H,7-8,12H2,1-2H3,(H,24,26)(H2,20,22,23). The van der Waals surface area contributed by atoms with Gasteiger partial charge in [-0.3, -0.25) is 9.48 Å². The third-order valence-electron chi connectivity index (χ3n) is 4.15. The van der Waals surface area contributed by atoms with Crippen LogP contribution in [0.4, 0.5) is 11.6 Å². The summed E-state index contributed by atoms with van der Waals surface area (Å²) in [6.07, 6.45) is 4.59. The van der Waals surface area contributed by atoms with Crippen molar-refractivity contribution < 1.29 is 4.79 Å². The minimum absolute atomic E-state index is 0.0446. The second kappa shape index (κ2) is 7.77. The fourth-order valence-corrected chi connectivity index (χ4v) is 2.92. The zero-order chi connectivity index (χ0) is 18.5. The van der Waals surface area contributed by atoms with Crippen molar-refractivity contribution in [1.82, 2.24) is 19.7 Å². The monoisotopic (exact) mass is 350 g/mol. The van der Waals surface area contributed by atoms with Gasteiger partial charge in [-0.25, -0.2) is 9.97 Å². The third kappa shape index (κ3) is 4.44. The Labute approximate surface area is 152 Å². The van der Waals surface area contributed by atoms with Gasteiger partial charge in [-0.1, -0.05) is 12.1 Å². The molecule has 134 valence electrons. The number of aromatic nitrogens is 4. The molecule has 0 fully saturated rings. The van der Waals surface area contributed by atoms with Crippen LogP contribution in [0.25, 0.3) is 0 Å². The maximum atomic E-state index is 12.3. The molecule has 7 heteroatoms. The zero-order valence-electron chi connectivity index (χ0n) is 14.9. The SMILES string of the molecule is Cc1nc(N)nc(C)c1CCC(=O)Nc1cccc(Cn2cccn2)c1. The van der Waals surface area contributed by atoms with Crippen LogP contribution in [0.1, 0.15) is 28.9 Å². The van der Waals surface area contributed by atoms with Gasteiger partial charge in [-0.15, -0.1) is 0 Å². The molecule has 3 rings (SSSR count). The summed E-state index contributed by atoms with van der Waals surface area (Å²) in [6.45, 7) is 4.44. The number of anilines is 2. The molecule has 0 radical (unpaired) electrons. The van der Waals surface area contributed by atoms with Crippen LogP contribution in [0.3, 0.4) is 0 Å². The molecule has 0 unspecified atom stereocenters. The molecule has 0 aliphatic heterocycles. The minimum Gasteiger partial charge on any atom is -0.368 e. The Bertz CT molecular complexity index is 881. The molecule has 0 spiro atoms. The first-order valence-electron chi connectivity index (χ1n) is 8.47. The van der Waals surface area contributed by atoms with E-state index in [0.29, 0.717) is 19.4 Å². The van der Waals surface area contributed by atoms with Crippen molar-refractivity contribution in [3.8, 4) is 0 Å².